The predicted molar refractivity (Wildman–Crippen MR) is 68.8 cm³/mol. The SMILES string of the molecule is CC1SCC(C(=O)O)N1S(=O)(=O)c1ccccc1. The zero-order chi connectivity index (χ0) is 13.3. The van der Waals surface area contributed by atoms with E-state index in [9.17, 15) is 13.2 Å². The molecule has 0 spiro atoms. The average Bonchev–Trinajstić information content (AvgIpc) is 2.73. The summed E-state index contributed by atoms with van der Waals surface area (Å²) in [5.74, 6) is -0.825. The smallest absolute Gasteiger partial charge is 0.322 e. The van der Waals surface area contributed by atoms with Gasteiger partial charge in [-0.3, -0.25) is 4.79 Å². The highest BCUT2D eigenvalue weighted by atomic mass is 32.2. The lowest BCUT2D eigenvalue weighted by Gasteiger charge is -2.24. The number of benzene rings is 1. The van der Waals surface area contributed by atoms with Crippen LogP contribution in [-0.2, 0) is 14.8 Å². The van der Waals surface area contributed by atoms with Crippen LogP contribution in [-0.4, -0.2) is 41.0 Å². The normalized spacial score (nSPS) is 25.2. The Balaban J connectivity index is 2.43. The van der Waals surface area contributed by atoms with Crippen LogP contribution in [0.4, 0.5) is 0 Å². The number of carboxylic acid groups (broad SMARTS) is 1. The fraction of sp³-hybridized carbons (Fsp3) is 0.364. The molecule has 0 aromatic heterocycles. The standard InChI is InChI=1S/C11H13NO4S2/c1-8-12(10(7-17-8)11(13)14)18(15,16)9-5-3-2-4-6-9/h2-6,8,10H,7H2,1H3,(H,13,14). The topological polar surface area (TPSA) is 74.7 Å². The van der Waals surface area contributed by atoms with E-state index in [1.807, 2.05) is 0 Å². The van der Waals surface area contributed by atoms with E-state index < -0.39 is 22.0 Å². The Hall–Kier alpha value is -1.05. The van der Waals surface area contributed by atoms with E-state index >= 15 is 0 Å². The van der Waals surface area contributed by atoms with Crippen LogP contribution in [0, 0.1) is 0 Å². The van der Waals surface area contributed by atoms with Crippen LogP contribution in [0.1, 0.15) is 6.92 Å². The van der Waals surface area contributed by atoms with Crippen LogP contribution in [0.3, 0.4) is 0 Å². The first-order valence-corrected chi connectivity index (χ1v) is 7.86. The molecule has 1 aliphatic rings. The Morgan fingerprint density at radius 1 is 1.39 bits per heavy atom. The fourth-order valence-electron chi connectivity index (χ4n) is 1.89. The van der Waals surface area contributed by atoms with Gasteiger partial charge in [-0.15, -0.1) is 11.8 Å². The molecule has 2 atom stereocenters. The van der Waals surface area contributed by atoms with Crippen molar-refractivity contribution < 1.29 is 18.3 Å². The molecule has 1 saturated heterocycles. The molecule has 0 saturated carbocycles. The van der Waals surface area contributed by atoms with Crippen LogP contribution in [0.25, 0.3) is 0 Å². The Kier molecular flexibility index (Phi) is 3.65. The van der Waals surface area contributed by atoms with E-state index in [0.29, 0.717) is 0 Å². The summed E-state index contributed by atoms with van der Waals surface area (Å²) in [5.41, 5.74) is 0. The minimum absolute atomic E-state index is 0.130. The largest absolute Gasteiger partial charge is 0.480 e. The van der Waals surface area contributed by atoms with Crippen molar-refractivity contribution in [3.8, 4) is 0 Å². The van der Waals surface area contributed by atoms with Gasteiger partial charge in [0.2, 0.25) is 10.0 Å². The average molecular weight is 287 g/mol. The summed E-state index contributed by atoms with van der Waals surface area (Å²) in [6.45, 7) is 1.70. The summed E-state index contributed by atoms with van der Waals surface area (Å²) in [7, 11) is -3.75. The highest BCUT2D eigenvalue weighted by molar-refractivity contribution is 8.01. The maximum absolute atomic E-state index is 12.4. The van der Waals surface area contributed by atoms with Gasteiger partial charge in [0.1, 0.15) is 6.04 Å². The molecule has 18 heavy (non-hydrogen) atoms. The third kappa shape index (κ3) is 2.25. The van der Waals surface area contributed by atoms with Crippen LogP contribution >= 0.6 is 11.8 Å². The van der Waals surface area contributed by atoms with Gasteiger partial charge in [0.25, 0.3) is 0 Å². The van der Waals surface area contributed by atoms with Crippen molar-refractivity contribution in [2.24, 2.45) is 0 Å². The number of carboxylic acids is 1. The van der Waals surface area contributed by atoms with Gasteiger partial charge in [0.15, 0.2) is 0 Å². The van der Waals surface area contributed by atoms with E-state index in [-0.39, 0.29) is 16.0 Å². The third-order valence-corrected chi connectivity index (χ3v) is 6.11. The maximum Gasteiger partial charge on any atom is 0.322 e. The Bertz CT molecular complexity index is 543. The van der Waals surface area contributed by atoms with Crippen LogP contribution in [0.5, 0.6) is 0 Å². The van der Waals surface area contributed by atoms with Crippen LogP contribution in [0.15, 0.2) is 35.2 Å². The van der Waals surface area contributed by atoms with E-state index in [4.69, 9.17) is 5.11 Å². The second-order valence-electron chi connectivity index (χ2n) is 3.93. The molecule has 1 heterocycles. The quantitative estimate of drug-likeness (QED) is 0.905. The molecular formula is C11H13NO4S2. The minimum Gasteiger partial charge on any atom is -0.480 e. The van der Waals surface area contributed by atoms with Crippen molar-refractivity contribution in [2.45, 2.75) is 23.2 Å². The number of aliphatic carboxylic acids is 1. The van der Waals surface area contributed by atoms with E-state index in [2.05, 4.69) is 0 Å². The second kappa shape index (κ2) is 4.91. The molecule has 1 aromatic rings. The molecule has 0 radical (unpaired) electrons. The van der Waals surface area contributed by atoms with E-state index in [1.165, 1.54) is 23.9 Å². The lowest BCUT2D eigenvalue weighted by Crippen LogP contribution is -2.44. The zero-order valence-corrected chi connectivity index (χ0v) is 11.3. The van der Waals surface area contributed by atoms with Crippen LogP contribution in [0.2, 0.25) is 0 Å². The zero-order valence-electron chi connectivity index (χ0n) is 9.68. The molecule has 0 aliphatic carbocycles. The van der Waals surface area contributed by atoms with Gasteiger partial charge in [0, 0.05) is 5.75 Å². The number of thioether (sulfide) groups is 1. The van der Waals surface area contributed by atoms with Gasteiger partial charge in [-0.25, -0.2) is 8.42 Å². The molecule has 1 N–H and O–H groups in total. The molecule has 0 amide bonds. The maximum atomic E-state index is 12.4. The predicted octanol–water partition coefficient (Wildman–Crippen LogP) is 1.22. The first kappa shape index (κ1) is 13.4. The van der Waals surface area contributed by atoms with Gasteiger partial charge < -0.3 is 5.11 Å². The third-order valence-electron chi connectivity index (χ3n) is 2.76. The van der Waals surface area contributed by atoms with E-state index in [0.717, 1.165) is 4.31 Å². The Morgan fingerprint density at radius 3 is 2.56 bits per heavy atom. The van der Waals surface area contributed by atoms with Crippen molar-refractivity contribution in [1.29, 1.82) is 0 Å². The van der Waals surface area contributed by atoms with Crippen molar-refractivity contribution in [1.82, 2.24) is 4.31 Å². The highest BCUT2D eigenvalue weighted by Gasteiger charge is 2.44. The van der Waals surface area contributed by atoms with Crippen molar-refractivity contribution in [3.05, 3.63) is 30.3 Å². The molecule has 7 heteroatoms. The molecule has 1 aromatic carbocycles. The van der Waals surface area contributed by atoms with Crippen LogP contribution < -0.4 is 0 Å². The summed E-state index contributed by atoms with van der Waals surface area (Å²) in [6, 6.07) is 6.92. The second-order valence-corrected chi connectivity index (χ2v) is 7.13. The van der Waals surface area contributed by atoms with Crippen molar-refractivity contribution in [3.63, 3.8) is 0 Å². The van der Waals surface area contributed by atoms with Gasteiger partial charge in [-0.1, -0.05) is 18.2 Å². The molecule has 98 valence electrons. The minimum atomic E-state index is -3.75. The number of sulfonamides is 1. The van der Waals surface area contributed by atoms with Crippen molar-refractivity contribution >= 4 is 27.8 Å². The number of nitrogens with zero attached hydrogens (tertiary/aromatic N) is 1. The number of rotatable bonds is 3. The highest BCUT2D eigenvalue weighted by Crippen LogP contribution is 2.34. The Labute approximate surface area is 110 Å². The van der Waals surface area contributed by atoms with Crippen molar-refractivity contribution in [2.75, 3.05) is 5.75 Å². The molecule has 1 fully saturated rings. The summed E-state index contributed by atoms with van der Waals surface area (Å²) < 4.78 is 25.9. The van der Waals surface area contributed by atoms with Gasteiger partial charge in [-0.05, 0) is 19.1 Å². The monoisotopic (exact) mass is 287 g/mol. The van der Waals surface area contributed by atoms with Gasteiger partial charge in [0.05, 0.1) is 10.3 Å². The lowest BCUT2D eigenvalue weighted by molar-refractivity contribution is -0.140. The summed E-state index contributed by atoms with van der Waals surface area (Å²) in [5, 5.41) is 8.73. The van der Waals surface area contributed by atoms with Gasteiger partial charge in [-0.2, -0.15) is 4.31 Å². The molecule has 2 rings (SSSR count). The molecule has 1 aliphatic heterocycles. The molecule has 5 nitrogen and oxygen atoms in total. The summed E-state index contributed by atoms with van der Waals surface area (Å²) in [4.78, 5) is 11.2. The Morgan fingerprint density at radius 2 is 2.00 bits per heavy atom. The number of carbonyl (C=O) groups is 1. The first-order chi connectivity index (χ1) is 8.44. The molecule has 0 bridgehead atoms. The summed E-state index contributed by atoms with van der Waals surface area (Å²) >= 11 is 1.33. The lowest BCUT2D eigenvalue weighted by atomic mass is 10.3. The van der Waals surface area contributed by atoms with E-state index in [1.54, 1.807) is 25.1 Å². The number of hydrogen-bond acceptors (Lipinski definition) is 4. The fourth-order valence-corrected chi connectivity index (χ4v) is 5.20. The van der Waals surface area contributed by atoms with Gasteiger partial charge >= 0.3 is 5.97 Å². The first-order valence-electron chi connectivity index (χ1n) is 5.37. The summed E-state index contributed by atoms with van der Waals surface area (Å²) in [6.07, 6.45) is 0. The molecule has 2 unspecified atom stereocenters. The molecular weight excluding hydrogens is 274 g/mol. The number of hydrogen-bond donors (Lipinski definition) is 1.